The highest BCUT2D eigenvalue weighted by Gasteiger charge is 2.19. The van der Waals surface area contributed by atoms with E-state index in [2.05, 4.69) is 45.1 Å². The maximum Gasteiger partial charge on any atom is 0.306 e. The van der Waals surface area contributed by atoms with Gasteiger partial charge in [0.05, 0.1) is 0 Å². The first-order chi connectivity index (χ1) is 38.5. The highest BCUT2D eigenvalue weighted by atomic mass is 16.6. The van der Waals surface area contributed by atoms with Gasteiger partial charge in [0, 0.05) is 19.3 Å². The zero-order chi connectivity index (χ0) is 56.4. The largest absolute Gasteiger partial charge is 0.462 e. The van der Waals surface area contributed by atoms with Crippen molar-refractivity contribution in [2.24, 2.45) is 0 Å². The van der Waals surface area contributed by atoms with Gasteiger partial charge in [0.25, 0.3) is 0 Å². The standard InChI is InChI=1S/C72H136O6/c1-4-7-10-13-16-19-22-25-28-31-33-35-37-39-41-44-47-50-53-56-59-62-65-71(74)77-68-69(67-76-70(73)64-61-58-55-52-49-46-43-30-27-24-21-18-15-12-9-6-3)78-72(75)66-63-60-57-54-51-48-45-42-40-38-36-34-32-29-26-23-20-17-14-11-8-5-2/h21,24,30,43,69H,4-20,22-23,25-29,31-42,44-68H2,1-3H3/b24-21-,43-30-. The monoisotopic (exact) mass is 1100 g/mol. The first kappa shape index (κ1) is 75.9. The topological polar surface area (TPSA) is 78.9 Å². The Morgan fingerprint density at radius 1 is 0.256 bits per heavy atom. The van der Waals surface area contributed by atoms with E-state index in [1.165, 1.54) is 283 Å². The molecule has 460 valence electrons. The number of unbranched alkanes of at least 4 members (excludes halogenated alkanes) is 51. The van der Waals surface area contributed by atoms with Crippen molar-refractivity contribution in [3.63, 3.8) is 0 Å². The smallest absolute Gasteiger partial charge is 0.306 e. The fraction of sp³-hybridized carbons (Fsp3) is 0.903. The van der Waals surface area contributed by atoms with Gasteiger partial charge in [-0.05, 0) is 51.4 Å². The molecule has 0 saturated heterocycles. The van der Waals surface area contributed by atoms with E-state index in [0.717, 1.165) is 77.0 Å². The van der Waals surface area contributed by atoms with Crippen LogP contribution in [0.4, 0.5) is 0 Å². The summed E-state index contributed by atoms with van der Waals surface area (Å²) in [7, 11) is 0. The molecule has 0 bridgehead atoms. The maximum absolute atomic E-state index is 13.0. The van der Waals surface area contributed by atoms with Crippen molar-refractivity contribution in [3.05, 3.63) is 24.3 Å². The lowest BCUT2D eigenvalue weighted by Gasteiger charge is -2.18. The molecule has 0 aromatic heterocycles. The van der Waals surface area contributed by atoms with E-state index < -0.39 is 6.10 Å². The van der Waals surface area contributed by atoms with Crippen LogP contribution in [-0.2, 0) is 28.6 Å². The zero-order valence-electron chi connectivity index (χ0n) is 53.0. The Morgan fingerprint density at radius 3 is 0.718 bits per heavy atom. The quantitative estimate of drug-likeness (QED) is 0.0261. The summed E-state index contributed by atoms with van der Waals surface area (Å²) in [6.07, 6.45) is 82.0. The van der Waals surface area contributed by atoms with Gasteiger partial charge in [-0.2, -0.15) is 0 Å². The fourth-order valence-electron chi connectivity index (χ4n) is 10.9. The third-order valence-electron chi connectivity index (χ3n) is 16.2. The number of allylic oxidation sites excluding steroid dienone is 4. The lowest BCUT2D eigenvalue weighted by molar-refractivity contribution is -0.167. The minimum Gasteiger partial charge on any atom is -0.462 e. The van der Waals surface area contributed by atoms with Crippen LogP contribution in [-0.4, -0.2) is 37.2 Å². The molecule has 78 heavy (non-hydrogen) atoms. The first-order valence-corrected chi connectivity index (χ1v) is 35.3. The molecule has 0 aliphatic rings. The van der Waals surface area contributed by atoms with Gasteiger partial charge in [-0.3, -0.25) is 14.4 Å². The van der Waals surface area contributed by atoms with E-state index in [9.17, 15) is 14.4 Å². The molecule has 0 fully saturated rings. The Morgan fingerprint density at radius 2 is 0.462 bits per heavy atom. The molecular weight excluding hydrogens is 961 g/mol. The highest BCUT2D eigenvalue weighted by Crippen LogP contribution is 2.19. The van der Waals surface area contributed by atoms with Crippen molar-refractivity contribution in [3.8, 4) is 0 Å². The molecule has 1 atom stereocenters. The van der Waals surface area contributed by atoms with Gasteiger partial charge in [0.15, 0.2) is 6.10 Å². The Kier molecular flexibility index (Phi) is 65.6. The summed E-state index contributed by atoms with van der Waals surface area (Å²) >= 11 is 0. The van der Waals surface area contributed by atoms with E-state index in [1.54, 1.807) is 0 Å². The lowest BCUT2D eigenvalue weighted by Crippen LogP contribution is -2.30. The molecule has 0 heterocycles. The van der Waals surface area contributed by atoms with Crippen molar-refractivity contribution < 1.29 is 28.6 Å². The minimum absolute atomic E-state index is 0.0691. The van der Waals surface area contributed by atoms with Crippen LogP contribution in [0.5, 0.6) is 0 Å². The van der Waals surface area contributed by atoms with Gasteiger partial charge in [-0.25, -0.2) is 0 Å². The van der Waals surface area contributed by atoms with Gasteiger partial charge < -0.3 is 14.2 Å². The van der Waals surface area contributed by atoms with Gasteiger partial charge in [0.2, 0.25) is 0 Å². The molecule has 0 aliphatic heterocycles. The van der Waals surface area contributed by atoms with Crippen molar-refractivity contribution in [2.75, 3.05) is 13.2 Å². The molecule has 0 aliphatic carbocycles. The number of hydrogen-bond acceptors (Lipinski definition) is 6. The minimum atomic E-state index is -0.774. The Bertz CT molecular complexity index is 1260. The van der Waals surface area contributed by atoms with Crippen LogP contribution < -0.4 is 0 Å². The van der Waals surface area contributed by atoms with Crippen LogP contribution in [0.1, 0.15) is 400 Å². The van der Waals surface area contributed by atoms with Crippen molar-refractivity contribution in [2.45, 2.75) is 406 Å². The van der Waals surface area contributed by atoms with E-state index in [4.69, 9.17) is 14.2 Å². The predicted octanol–water partition coefficient (Wildman–Crippen LogP) is 24.2. The number of esters is 3. The average molecular weight is 1100 g/mol. The summed E-state index contributed by atoms with van der Waals surface area (Å²) < 4.78 is 17.0. The molecule has 0 radical (unpaired) electrons. The predicted molar refractivity (Wildman–Crippen MR) is 340 cm³/mol. The van der Waals surface area contributed by atoms with Crippen LogP contribution in [0.3, 0.4) is 0 Å². The second-order valence-corrected chi connectivity index (χ2v) is 24.2. The summed E-state index contributed by atoms with van der Waals surface area (Å²) in [6.45, 7) is 6.70. The number of carbonyl (C=O) groups is 3. The summed E-state index contributed by atoms with van der Waals surface area (Å²) in [5.74, 6) is -0.849. The van der Waals surface area contributed by atoms with E-state index in [1.807, 2.05) is 0 Å². The van der Waals surface area contributed by atoms with Gasteiger partial charge >= 0.3 is 17.9 Å². The third kappa shape index (κ3) is 64.7. The summed E-state index contributed by atoms with van der Waals surface area (Å²) in [5.41, 5.74) is 0. The van der Waals surface area contributed by atoms with Gasteiger partial charge in [-0.1, -0.05) is 353 Å². The van der Waals surface area contributed by atoms with E-state index in [-0.39, 0.29) is 31.1 Å². The summed E-state index contributed by atoms with van der Waals surface area (Å²) in [4.78, 5) is 38.4. The van der Waals surface area contributed by atoms with Gasteiger partial charge in [-0.15, -0.1) is 0 Å². The SMILES string of the molecule is CCCCCC/C=C\C/C=C\CCCCCCCC(=O)OCC(COC(=O)CCCCCCCCCCCCCCCCCCCCCCCC)OC(=O)CCCCCCCCCCCCCCCCCCCCCCCC. The van der Waals surface area contributed by atoms with Crippen LogP contribution in [0.15, 0.2) is 24.3 Å². The fourth-order valence-corrected chi connectivity index (χ4v) is 10.9. The molecule has 0 aromatic rings. The normalized spacial score (nSPS) is 12.1. The molecule has 0 aromatic carbocycles. The van der Waals surface area contributed by atoms with Crippen molar-refractivity contribution in [1.82, 2.24) is 0 Å². The Balaban J connectivity index is 4.28. The molecule has 1 unspecified atom stereocenters. The second-order valence-electron chi connectivity index (χ2n) is 24.2. The second kappa shape index (κ2) is 67.4. The van der Waals surface area contributed by atoms with Crippen LogP contribution in [0.25, 0.3) is 0 Å². The van der Waals surface area contributed by atoms with E-state index >= 15 is 0 Å². The molecule has 0 rings (SSSR count). The Hall–Kier alpha value is -2.11. The molecule has 0 spiro atoms. The molecule has 0 N–H and O–H groups in total. The highest BCUT2D eigenvalue weighted by molar-refractivity contribution is 5.71. The Labute approximate surface area is 487 Å². The van der Waals surface area contributed by atoms with Gasteiger partial charge in [0.1, 0.15) is 13.2 Å². The average Bonchev–Trinajstić information content (AvgIpc) is 3.44. The molecule has 6 nitrogen and oxygen atoms in total. The molecule has 0 saturated carbocycles. The molecule has 0 amide bonds. The van der Waals surface area contributed by atoms with E-state index in [0.29, 0.717) is 19.3 Å². The van der Waals surface area contributed by atoms with Crippen LogP contribution in [0.2, 0.25) is 0 Å². The van der Waals surface area contributed by atoms with Crippen LogP contribution in [0, 0.1) is 0 Å². The maximum atomic E-state index is 13.0. The number of carbonyl (C=O) groups excluding carboxylic acids is 3. The summed E-state index contributed by atoms with van der Waals surface area (Å²) in [6, 6.07) is 0. The van der Waals surface area contributed by atoms with Crippen molar-refractivity contribution in [1.29, 1.82) is 0 Å². The first-order valence-electron chi connectivity index (χ1n) is 35.3. The number of ether oxygens (including phenoxy) is 3. The molecule has 6 heteroatoms. The summed E-state index contributed by atoms with van der Waals surface area (Å²) in [5, 5.41) is 0. The van der Waals surface area contributed by atoms with Crippen molar-refractivity contribution >= 4 is 17.9 Å². The number of hydrogen-bond donors (Lipinski definition) is 0. The van der Waals surface area contributed by atoms with Crippen LogP contribution >= 0.6 is 0 Å². The number of rotatable bonds is 66. The third-order valence-corrected chi connectivity index (χ3v) is 16.2. The lowest BCUT2D eigenvalue weighted by atomic mass is 10.0. The molecular formula is C72H136O6. The zero-order valence-corrected chi connectivity index (χ0v) is 53.0.